The third kappa shape index (κ3) is 2.73. The monoisotopic (exact) mass is 348 g/mol. The van der Waals surface area contributed by atoms with Gasteiger partial charge in [-0.25, -0.2) is 4.68 Å². The SMILES string of the molecule is CCn1ncc(Nc2cccc3c2CCNC3)c(Br)c1=O. The van der Waals surface area contributed by atoms with E-state index in [0.717, 1.165) is 25.2 Å². The molecule has 3 rings (SSSR count). The Morgan fingerprint density at radius 1 is 1.43 bits per heavy atom. The fraction of sp³-hybridized carbons (Fsp3) is 0.333. The van der Waals surface area contributed by atoms with Crippen LogP contribution in [-0.4, -0.2) is 16.3 Å². The van der Waals surface area contributed by atoms with Crippen LogP contribution in [0, 0.1) is 0 Å². The number of halogens is 1. The van der Waals surface area contributed by atoms with E-state index in [1.165, 1.54) is 15.8 Å². The molecule has 5 nitrogen and oxygen atoms in total. The average Bonchev–Trinajstić information content (AvgIpc) is 2.52. The van der Waals surface area contributed by atoms with Crippen LogP contribution in [0.3, 0.4) is 0 Å². The minimum atomic E-state index is -0.117. The highest BCUT2D eigenvalue weighted by molar-refractivity contribution is 9.10. The van der Waals surface area contributed by atoms with Gasteiger partial charge in [-0.2, -0.15) is 5.10 Å². The highest BCUT2D eigenvalue weighted by atomic mass is 79.9. The number of anilines is 2. The first-order valence-corrected chi connectivity index (χ1v) is 7.84. The van der Waals surface area contributed by atoms with Crippen LogP contribution in [0.15, 0.2) is 33.7 Å². The van der Waals surface area contributed by atoms with Gasteiger partial charge in [0.05, 0.1) is 11.9 Å². The quantitative estimate of drug-likeness (QED) is 0.894. The van der Waals surface area contributed by atoms with Crippen molar-refractivity contribution in [2.75, 3.05) is 11.9 Å². The predicted molar refractivity (Wildman–Crippen MR) is 87.0 cm³/mol. The standard InChI is InChI=1S/C15H17BrN4O/c1-2-20-15(21)14(16)13(9-18-20)19-12-5-3-4-10-8-17-7-6-11(10)12/h3-5,9,17,19H,2,6-8H2,1H3. The van der Waals surface area contributed by atoms with Crippen molar-refractivity contribution in [2.24, 2.45) is 0 Å². The van der Waals surface area contributed by atoms with E-state index in [1.807, 2.05) is 19.1 Å². The molecule has 2 aromatic rings. The second kappa shape index (κ2) is 5.99. The maximum Gasteiger partial charge on any atom is 0.283 e. The van der Waals surface area contributed by atoms with E-state index in [-0.39, 0.29) is 5.56 Å². The summed E-state index contributed by atoms with van der Waals surface area (Å²) in [6.07, 6.45) is 2.67. The second-order valence-corrected chi connectivity index (χ2v) is 5.78. The van der Waals surface area contributed by atoms with Crippen LogP contribution in [0.25, 0.3) is 0 Å². The van der Waals surface area contributed by atoms with E-state index < -0.39 is 0 Å². The summed E-state index contributed by atoms with van der Waals surface area (Å²) in [6, 6.07) is 6.21. The molecule has 2 N–H and O–H groups in total. The molecule has 21 heavy (non-hydrogen) atoms. The maximum atomic E-state index is 12.1. The molecule has 0 aliphatic carbocycles. The Labute approximate surface area is 131 Å². The fourth-order valence-electron chi connectivity index (χ4n) is 2.57. The van der Waals surface area contributed by atoms with E-state index in [2.05, 4.69) is 37.7 Å². The summed E-state index contributed by atoms with van der Waals surface area (Å²) in [6.45, 7) is 4.32. The summed E-state index contributed by atoms with van der Waals surface area (Å²) in [5.41, 5.74) is 4.25. The Balaban J connectivity index is 1.98. The van der Waals surface area contributed by atoms with E-state index in [9.17, 15) is 4.79 Å². The van der Waals surface area contributed by atoms with Gasteiger partial charge in [-0.05, 0) is 53.0 Å². The van der Waals surface area contributed by atoms with E-state index in [1.54, 1.807) is 6.20 Å². The molecule has 0 spiro atoms. The number of hydrogen-bond donors (Lipinski definition) is 2. The van der Waals surface area contributed by atoms with E-state index >= 15 is 0 Å². The van der Waals surface area contributed by atoms with Gasteiger partial charge < -0.3 is 10.6 Å². The predicted octanol–water partition coefficient (Wildman–Crippen LogP) is 2.42. The summed E-state index contributed by atoms with van der Waals surface area (Å²) >= 11 is 3.38. The molecule has 0 atom stereocenters. The van der Waals surface area contributed by atoms with Crippen LogP contribution in [0.5, 0.6) is 0 Å². The van der Waals surface area contributed by atoms with Gasteiger partial charge in [-0.15, -0.1) is 0 Å². The summed E-state index contributed by atoms with van der Waals surface area (Å²) in [5, 5.41) is 10.9. The number of rotatable bonds is 3. The first-order valence-electron chi connectivity index (χ1n) is 7.05. The highest BCUT2D eigenvalue weighted by Gasteiger charge is 2.14. The topological polar surface area (TPSA) is 59.0 Å². The van der Waals surface area contributed by atoms with Gasteiger partial charge in [0, 0.05) is 18.8 Å². The molecule has 1 aliphatic heterocycles. The zero-order valence-corrected chi connectivity index (χ0v) is 13.4. The van der Waals surface area contributed by atoms with Gasteiger partial charge in [0.2, 0.25) is 0 Å². The Bertz CT molecular complexity index is 726. The third-order valence-corrected chi connectivity index (χ3v) is 4.46. The molecule has 0 bridgehead atoms. The molecular weight excluding hydrogens is 332 g/mol. The molecular formula is C15H17BrN4O. The molecule has 0 amide bonds. The minimum absolute atomic E-state index is 0.117. The molecule has 6 heteroatoms. The summed E-state index contributed by atoms with van der Waals surface area (Å²) < 4.78 is 1.95. The molecule has 110 valence electrons. The van der Waals surface area contributed by atoms with Crippen LogP contribution in [-0.2, 0) is 19.5 Å². The van der Waals surface area contributed by atoms with E-state index in [0.29, 0.717) is 16.7 Å². The van der Waals surface area contributed by atoms with Crippen molar-refractivity contribution < 1.29 is 0 Å². The zero-order valence-electron chi connectivity index (χ0n) is 11.8. The maximum absolute atomic E-state index is 12.1. The van der Waals surface area contributed by atoms with E-state index in [4.69, 9.17) is 0 Å². The Morgan fingerprint density at radius 3 is 3.10 bits per heavy atom. The van der Waals surface area contributed by atoms with Crippen LogP contribution < -0.4 is 16.2 Å². The molecule has 1 aromatic carbocycles. The number of aryl methyl sites for hydroxylation is 1. The molecule has 0 saturated heterocycles. The first-order chi connectivity index (χ1) is 10.2. The van der Waals surface area contributed by atoms with Crippen molar-refractivity contribution in [1.82, 2.24) is 15.1 Å². The number of fused-ring (bicyclic) bond motifs is 1. The van der Waals surface area contributed by atoms with Crippen LogP contribution in [0.2, 0.25) is 0 Å². The van der Waals surface area contributed by atoms with Crippen LogP contribution >= 0.6 is 15.9 Å². The molecule has 1 aliphatic rings. The lowest BCUT2D eigenvalue weighted by atomic mass is 9.99. The molecule has 0 radical (unpaired) electrons. The number of aromatic nitrogens is 2. The van der Waals surface area contributed by atoms with Gasteiger partial charge >= 0.3 is 0 Å². The number of hydrogen-bond acceptors (Lipinski definition) is 4. The first kappa shape index (κ1) is 14.3. The van der Waals surface area contributed by atoms with Crippen molar-refractivity contribution in [3.8, 4) is 0 Å². The lowest BCUT2D eigenvalue weighted by Gasteiger charge is -2.21. The average molecular weight is 349 g/mol. The van der Waals surface area contributed by atoms with Crippen molar-refractivity contribution in [1.29, 1.82) is 0 Å². The zero-order chi connectivity index (χ0) is 14.8. The minimum Gasteiger partial charge on any atom is -0.353 e. The lowest BCUT2D eigenvalue weighted by molar-refractivity contribution is 0.613. The molecule has 1 aromatic heterocycles. The summed E-state index contributed by atoms with van der Waals surface area (Å²) in [4.78, 5) is 12.1. The van der Waals surface area contributed by atoms with Crippen molar-refractivity contribution >= 4 is 27.3 Å². The van der Waals surface area contributed by atoms with Crippen LogP contribution in [0.1, 0.15) is 18.1 Å². The molecule has 0 fully saturated rings. The Hall–Kier alpha value is -1.66. The van der Waals surface area contributed by atoms with Gasteiger partial charge in [-0.1, -0.05) is 12.1 Å². The molecule has 0 unspecified atom stereocenters. The normalized spacial score (nSPS) is 13.8. The number of nitrogens with zero attached hydrogens (tertiary/aromatic N) is 2. The Kier molecular flexibility index (Phi) is 4.07. The van der Waals surface area contributed by atoms with Crippen molar-refractivity contribution in [2.45, 2.75) is 26.4 Å². The fourth-order valence-corrected chi connectivity index (χ4v) is 2.98. The van der Waals surface area contributed by atoms with Gasteiger partial charge in [0.1, 0.15) is 4.47 Å². The Morgan fingerprint density at radius 2 is 2.29 bits per heavy atom. The largest absolute Gasteiger partial charge is 0.353 e. The second-order valence-electron chi connectivity index (χ2n) is 4.99. The lowest BCUT2D eigenvalue weighted by Crippen LogP contribution is -2.25. The number of benzene rings is 1. The van der Waals surface area contributed by atoms with Crippen molar-refractivity contribution in [3.63, 3.8) is 0 Å². The smallest absolute Gasteiger partial charge is 0.283 e. The summed E-state index contributed by atoms with van der Waals surface area (Å²) in [5.74, 6) is 0. The molecule has 0 saturated carbocycles. The summed E-state index contributed by atoms with van der Waals surface area (Å²) in [7, 11) is 0. The van der Waals surface area contributed by atoms with Crippen molar-refractivity contribution in [3.05, 3.63) is 50.3 Å². The van der Waals surface area contributed by atoms with Crippen LogP contribution in [0.4, 0.5) is 11.4 Å². The third-order valence-electron chi connectivity index (χ3n) is 3.69. The highest BCUT2D eigenvalue weighted by Crippen LogP contribution is 2.28. The van der Waals surface area contributed by atoms with Gasteiger partial charge in [-0.3, -0.25) is 4.79 Å². The van der Waals surface area contributed by atoms with Gasteiger partial charge in [0.25, 0.3) is 5.56 Å². The number of nitrogens with one attached hydrogen (secondary N) is 2. The molecule has 2 heterocycles. The van der Waals surface area contributed by atoms with Gasteiger partial charge in [0.15, 0.2) is 0 Å².